The van der Waals surface area contributed by atoms with Crippen molar-refractivity contribution >= 4 is 35.0 Å². The number of amides is 2. The summed E-state index contributed by atoms with van der Waals surface area (Å²) in [7, 11) is 0. The number of carbonyl (C=O) groups is 2. The number of rotatable bonds is 10. The molecule has 266 valence electrons. The third-order valence-corrected chi connectivity index (χ3v) is 8.32. The first-order valence-electron chi connectivity index (χ1n) is 15.4. The van der Waals surface area contributed by atoms with Crippen molar-refractivity contribution in [2.45, 2.75) is 57.8 Å². The Labute approximate surface area is 297 Å². The molecule has 0 saturated carbocycles. The minimum Gasteiger partial charge on any atom is -0.382 e. The molecule has 1 unspecified atom stereocenters. The molecule has 0 spiro atoms. The Morgan fingerprint density at radius 2 is 1.55 bits per heavy atom. The maximum Gasteiger partial charge on any atom is 0.416 e. The first-order chi connectivity index (χ1) is 24.0. The number of aliphatic hydroxyl groups excluding tert-OH is 1. The summed E-state index contributed by atoms with van der Waals surface area (Å²) in [5.74, 6) is -1.44. The molecule has 13 nitrogen and oxygen atoms in total. The number of nitrogens with zero attached hydrogens (tertiary/aromatic N) is 8. The number of fused-ring (bicyclic) bond motifs is 1. The topological polar surface area (TPSA) is 150 Å². The van der Waals surface area contributed by atoms with E-state index < -0.39 is 54.5 Å². The summed E-state index contributed by atoms with van der Waals surface area (Å²) in [5.41, 5.74) is -1.14. The fourth-order valence-electron chi connectivity index (χ4n) is 5.36. The number of benzene rings is 2. The number of hydrogen-bond donors (Lipinski definition) is 1. The molecule has 0 fully saturated rings. The van der Waals surface area contributed by atoms with Crippen molar-refractivity contribution < 1.29 is 32.6 Å². The van der Waals surface area contributed by atoms with Gasteiger partial charge in [-0.1, -0.05) is 35.3 Å². The van der Waals surface area contributed by atoms with Gasteiger partial charge in [0.1, 0.15) is 12.6 Å². The van der Waals surface area contributed by atoms with Crippen LogP contribution in [-0.2, 0) is 17.8 Å². The number of pyridine rings is 1. The molecule has 2 amide bonds. The van der Waals surface area contributed by atoms with Gasteiger partial charge in [-0.25, -0.2) is 19.4 Å². The molecule has 0 saturated heterocycles. The lowest BCUT2D eigenvalue weighted by atomic mass is 10.1. The van der Waals surface area contributed by atoms with Crippen LogP contribution in [0.25, 0.3) is 17.2 Å². The zero-order chi connectivity index (χ0) is 36.8. The number of carbonyl (C=O) groups excluding carboxylic acids is 2. The second kappa shape index (κ2) is 13.7. The number of hydrogen-bond acceptors (Lipinski definition) is 9. The predicted molar refractivity (Wildman–Crippen MR) is 178 cm³/mol. The highest BCUT2D eigenvalue weighted by Gasteiger charge is 2.44. The van der Waals surface area contributed by atoms with Crippen LogP contribution in [0, 0.1) is 0 Å². The third-order valence-electron chi connectivity index (χ3n) is 7.77. The summed E-state index contributed by atoms with van der Waals surface area (Å²) in [6.45, 7) is 3.48. The molecule has 3 aromatic heterocycles. The molecule has 2 atom stereocenters. The molecule has 6 rings (SSSR count). The van der Waals surface area contributed by atoms with Gasteiger partial charge in [-0.05, 0) is 69.3 Å². The van der Waals surface area contributed by atoms with E-state index in [0.717, 1.165) is 9.58 Å². The second-order valence-corrected chi connectivity index (χ2v) is 13.4. The summed E-state index contributed by atoms with van der Waals surface area (Å²) in [6.07, 6.45) is -6.46. The Kier molecular flexibility index (Phi) is 9.63. The summed E-state index contributed by atoms with van der Waals surface area (Å²) >= 11 is 12.5. The standard InChI is InChI=1S/C33H29Cl2F3N8O5/c1-32(2,3)51-17-23(45-29(48)20-7-4-5-8-21(20)30(45)49)28-40-25(41-46(28)27-22(35)9-6-14-39-27)16-44-31(50)43(15-24(47)33(36,37)38)26(42-44)18-10-12-19(34)13-11-18/h4-14,23-24,47H,15-17H2,1-3H3/t23?,24-/m0/s1. The molecule has 18 heteroatoms. The maximum absolute atomic E-state index is 13.7. The zero-order valence-electron chi connectivity index (χ0n) is 27.2. The van der Waals surface area contributed by atoms with Crippen LogP contribution >= 0.6 is 23.2 Å². The molecular weight excluding hydrogens is 716 g/mol. The van der Waals surface area contributed by atoms with Crippen LogP contribution in [0.5, 0.6) is 0 Å². The van der Waals surface area contributed by atoms with E-state index in [1.165, 1.54) is 53.3 Å². The van der Waals surface area contributed by atoms with Gasteiger partial charge in [0, 0.05) is 16.8 Å². The Balaban J connectivity index is 1.48. The van der Waals surface area contributed by atoms with Gasteiger partial charge in [0.15, 0.2) is 29.4 Å². The highest BCUT2D eigenvalue weighted by atomic mass is 35.5. The van der Waals surface area contributed by atoms with E-state index in [0.29, 0.717) is 9.59 Å². The minimum atomic E-state index is -5.02. The van der Waals surface area contributed by atoms with Gasteiger partial charge in [0.05, 0.1) is 34.9 Å². The van der Waals surface area contributed by atoms with Crippen LogP contribution in [0.1, 0.15) is 59.2 Å². The number of aliphatic hydroxyl groups is 1. The molecule has 5 aromatic rings. The molecule has 0 radical (unpaired) electrons. The van der Waals surface area contributed by atoms with Crippen molar-refractivity contribution in [3.8, 4) is 17.2 Å². The quantitative estimate of drug-likeness (QED) is 0.192. The molecule has 51 heavy (non-hydrogen) atoms. The van der Waals surface area contributed by atoms with E-state index in [2.05, 4.69) is 20.2 Å². The predicted octanol–water partition coefficient (Wildman–Crippen LogP) is 5.12. The van der Waals surface area contributed by atoms with Gasteiger partial charge in [0.2, 0.25) is 0 Å². The SMILES string of the molecule is CC(C)(C)OCC(c1nc(Cn2nc(-c3ccc(Cl)cc3)n(C[C@H](O)C(F)(F)F)c2=O)nn1-c1ncccc1Cl)N1C(=O)c2ccccc2C1=O. The monoisotopic (exact) mass is 744 g/mol. The van der Waals surface area contributed by atoms with E-state index in [-0.39, 0.29) is 51.6 Å². The van der Waals surface area contributed by atoms with Gasteiger partial charge in [-0.3, -0.25) is 19.1 Å². The average molecular weight is 746 g/mol. The average Bonchev–Trinajstić information content (AvgIpc) is 3.70. The smallest absolute Gasteiger partial charge is 0.382 e. The fraction of sp³-hybridized carbons (Fsp3) is 0.303. The van der Waals surface area contributed by atoms with Crippen LogP contribution < -0.4 is 5.69 Å². The number of alkyl halides is 3. The van der Waals surface area contributed by atoms with Gasteiger partial charge in [0.25, 0.3) is 11.8 Å². The lowest BCUT2D eigenvalue weighted by Crippen LogP contribution is -2.39. The summed E-state index contributed by atoms with van der Waals surface area (Å²) in [6, 6.07) is 14.1. The van der Waals surface area contributed by atoms with Crippen LogP contribution in [0.2, 0.25) is 10.0 Å². The second-order valence-electron chi connectivity index (χ2n) is 12.5. The Morgan fingerprint density at radius 1 is 0.902 bits per heavy atom. The lowest BCUT2D eigenvalue weighted by Gasteiger charge is -2.29. The molecule has 0 bridgehead atoms. The van der Waals surface area contributed by atoms with Gasteiger partial charge in [-0.2, -0.15) is 17.9 Å². The molecule has 2 aromatic carbocycles. The largest absolute Gasteiger partial charge is 0.416 e. The Bertz CT molecular complexity index is 2140. The number of imide groups is 1. The van der Waals surface area contributed by atoms with E-state index in [1.807, 2.05) is 0 Å². The minimum absolute atomic E-state index is 0.0118. The summed E-state index contributed by atoms with van der Waals surface area (Å²) in [5, 5.41) is 19.2. The van der Waals surface area contributed by atoms with Crippen molar-refractivity contribution in [3.63, 3.8) is 0 Å². The fourth-order valence-corrected chi connectivity index (χ4v) is 5.68. The highest BCUT2D eigenvalue weighted by Crippen LogP contribution is 2.34. The Morgan fingerprint density at radius 3 is 2.14 bits per heavy atom. The molecule has 1 aliphatic rings. The van der Waals surface area contributed by atoms with Gasteiger partial charge < -0.3 is 9.84 Å². The van der Waals surface area contributed by atoms with E-state index in [4.69, 9.17) is 27.9 Å². The number of aromatic nitrogens is 7. The molecule has 4 heterocycles. The van der Waals surface area contributed by atoms with Crippen molar-refractivity contribution in [2.24, 2.45) is 0 Å². The Hall–Kier alpha value is -4.90. The van der Waals surface area contributed by atoms with E-state index >= 15 is 0 Å². The van der Waals surface area contributed by atoms with Crippen LogP contribution in [0.15, 0.2) is 71.7 Å². The summed E-state index contributed by atoms with van der Waals surface area (Å²) < 4.78 is 49.1. The van der Waals surface area contributed by atoms with Crippen molar-refractivity contribution in [3.05, 3.63) is 110 Å². The van der Waals surface area contributed by atoms with E-state index in [9.17, 15) is 32.7 Å². The first kappa shape index (κ1) is 35.9. The van der Waals surface area contributed by atoms with Crippen LogP contribution in [-0.4, -0.2) is 80.4 Å². The molecule has 1 N–H and O–H groups in total. The van der Waals surface area contributed by atoms with Crippen molar-refractivity contribution in [1.82, 2.24) is 39.0 Å². The lowest BCUT2D eigenvalue weighted by molar-refractivity contribution is -0.207. The zero-order valence-corrected chi connectivity index (χ0v) is 28.7. The van der Waals surface area contributed by atoms with Gasteiger partial charge >= 0.3 is 11.9 Å². The molecule has 0 aliphatic carbocycles. The first-order valence-corrected chi connectivity index (χ1v) is 16.1. The molecule has 1 aliphatic heterocycles. The number of ether oxygens (including phenoxy) is 1. The van der Waals surface area contributed by atoms with Gasteiger partial charge in [-0.15, -0.1) is 10.2 Å². The summed E-state index contributed by atoms with van der Waals surface area (Å²) in [4.78, 5) is 51.1. The highest BCUT2D eigenvalue weighted by molar-refractivity contribution is 6.32. The third kappa shape index (κ3) is 7.30. The van der Waals surface area contributed by atoms with Crippen molar-refractivity contribution in [2.75, 3.05) is 6.61 Å². The maximum atomic E-state index is 13.7. The van der Waals surface area contributed by atoms with Crippen LogP contribution in [0.3, 0.4) is 0 Å². The van der Waals surface area contributed by atoms with E-state index in [1.54, 1.807) is 39.0 Å². The van der Waals surface area contributed by atoms with Crippen molar-refractivity contribution in [1.29, 1.82) is 0 Å². The molecular formula is C33H29Cl2F3N8O5. The normalized spacial score (nSPS) is 14.6. The number of halogens is 5. The van der Waals surface area contributed by atoms with Crippen LogP contribution in [0.4, 0.5) is 13.2 Å².